The monoisotopic (exact) mass is 441 g/mol. The number of amides is 1. The Morgan fingerprint density at radius 2 is 1.88 bits per heavy atom. The van der Waals surface area contributed by atoms with Gasteiger partial charge in [0, 0.05) is 37.9 Å². The number of benzene rings is 2. The van der Waals surface area contributed by atoms with Crippen molar-refractivity contribution in [2.75, 3.05) is 38.2 Å². The van der Waals surface area contributed by atoms with Crippen LogP contribution in [0.2, 0.25) is 0 Å². The van der Waals surface area contributed by atoms with Crippen LogP contribution in [0.1, 0.15) is 0 Å². The summed E-state index contributed by atoms with van der Waals surface area (Å²) in [5, 5.41) is 13.0. The third kappa shape index (κ3) is 3.80. The van der Waals surface area contributed by atoms with Crippen LogP contribution in [-0.4, -0.2) is 64.2 Å². The molecule has 2 aromatic carbocycles. The van der Waals surface area contributed by atoms with E-state index >= 15 is 0 Å². The number of aromatic hydroxyl groups is 1. The molecule has 0 spiro atoms. The fraction of sp³-hybridized carbons (Fsp3) is 0.200. The fourth-order valence-electron chi connectivity index (χ4n) is 4.24. The number of phenols is 1. The predicted molar refractivity (Wildman–Crippen MR) is 127 cm³/mol. The minimum absolute atomic E-state index is 0.0653. The third-order valence-corrected chi connectivity index (χ3v) is 5.91. The molecule has 3 heterocycles. The molecule has 1 amide bonds. The highest BCUT2D eigenvalue weighted by Crippen LogP contribution is 2.34. The molecule has 0 unspecified atom stereocenters. The van der Waals surface area contributed by atoms with Crippen LogP contribution in [0.4, 0.5) is 5.82 Å². The lowest BCUT2D eigenvalue weighted by Gasteiger charge is -2.35. The first kappa shape index (κ1) is 20.7. The van der Waals surface area contributed by atoms with Crippen molar-refractivity contribution >= 4 is 33.4 Å². The highest BCUT2D eigenvalue weighted by Gasteiger charge is 2.23. The number of hydrogen-bond acceptors (Lipinski definition) is 7. The number of ether oxygens (including phenoxy) is 1. The number of carbonyl (C=O) groups excluding carboxylic acids is 1. The zero-order valence-corrected chi connectivity index (χ0v) is 18.2. The first-order valence-electron chi connectivity index (χ1n) is 10.7. The van der Waals surface area contributed by atoms with Crippen molar-refractivity contribution in [2.45, 2.75) is 0 Å². The molecule has 8 nitrogen and oxygen atoms in total. The van der Waals surface area contributed by atoms with Gasteiger partial charge < -0.3 is 19.6 Å². The van der Waals surface area contributed by atoms with E-state index in [9.17, 15) is 9.90 Å². The lowest BCUT2D eigenvalue weighted by atomic mass is 10.0. The summed E-state index contributed by atoms with van der Waals surface area (Å²) in [5.74, 6) is 0.838. The minimum Gasteiger partial charge on any atom is -0.508 e. The topological polar surface area (TPSA) is 91.7 Å². The van der Waals surface area contributed by atoms with Crippen molar-refractivity contribution in [3.05, 3.63) is 61.3 Å². The van der Waals surface area contributed by atoms with Crippen molar-refractivity contribution in [1.29, 1.82) is 0 Å². The highest BCUT2D eigenvalue weighted by atomic mass is 16.5. The molecule has 1 fully saturated rings. The average Bonchev–Trinajstić information content (AvgIpc) is 2.86. The Hall–Kier alpha value is -4.20. The molecule has 0 saturated carbocycles. The Morgan fingerprint density at radius 1 is 1.09 bits per heavy atom. The van der Waals surface area contributed by atoms with Crippen molar-refractivity contribution < 1.29 is 14.6 Å². The maximum absolute atomic E-state index is 11.9. The van der Waals surface area contributed by atoms with Gasteiger partial charge in [0.05, 0.1) is 23.7 Å². The van der Waals surface area contributed by atoms with Crippen LogP contribution in [0.25, 0.3) is 32.9 Å². The molecule has 0 radical (unpaired) electrons. The van der Waals surface area contributed by atoms with E-state index in [-0.39, 0.29) is 17.7 Å². The minimum atomic E-state index is -0.0653. The second kappa shape index (κ2) is 8.38. The standard InChI is InChI=1S/C25H23N5O3/c1-3-23(32)29-8-10-30(11-9-29)24-20-15-26-21(14-22(20)27-25(28-24)33-2)19-13-17(31)12-16-6-4-5-7-18(16)19/h3-7,12-15,31H,1,8-11H2,2H3. The van der Waals surface area contributed by atoms with Crippen LogP contribution >= 0.6 is 0 Å². The molecule has 0 atom stereocenters. The van der Waals surface area contributed by atoms with Gasteiger partial charge >= 0.3 is 6.01 Å². The van der Waals surface area contributed by atoms with Crippen LogP contribution in [-0.2, 0) is 4.79 Å². The Bertz CT molecular complexity index is 1380. The number of rotatable bonds is 4. The summed E-state index contributed by atoms with van der Waals surface area (Å²) >= 11 is 0. The molecule has 33 heavy (non-hydrogen) atoms. The van der Waals surface area contributed by atoms with Gasteiger partial charge in [-0.25, -0.2) is 0 Å². The lowest BCUT2D eigenvalue weighted by molar-refractivity contribution is -0.126. The van der Waals surface area contributed by atoms with E-state index in [0.29, 0.717) is 37.4 Å². The summed E-state index contributed by atoms with van der Waals surface area (Å²) < 4.78 is 5.38. The maximum atomic E-state index is 11.9. The van der Waals surface area contributed by atoms with Crippen molar-refractivity contribution in [2.24, 2.45) is 0 Å². The predicted octanol–water partition coefficient (Wildman–Crippen LogP) is 3.39. The van der Waals surface area contributed by atoms with Crippen molar-refractivity contribution in [3.8, 4) is 23.0 Å². The molecule has 1 aliphatic rings. The Balaban J connectivity index is 1.58. The van der Waals surface area contributed by atoms with Gasteiger partial charge in [-0.2, -0.15) is 9.97 Å². The molecule has 4 aromatic rings. The van der Waals surface area contributed by atoms with Gasteiger partial charge in [-0.3, -0.25) is 9.78 Å². The van der Waals surface area contributed by atoms with E-state index in [1.165, 1.54) is 13.2 Å². The molecule has 0 aliphatic carbocycles. The van der Waals surface area contributed by atoms with Gasteiger partial charge in [0.2, 0.25) is 5.91 Å². The summed E-state index contributed by atoms with van der Waals surface area (Å²) in [6.07, 6.45) is 3.11. The molecule has 5 rings (SSSR count). The number of anilines is 1. The second-order valence-electron chi connectivity index (χ2n) is 7.85. The van der Waals surface area contributed by atoms with E-state index in [0.717, 1.165) is 27.5 Å². The van der Waals surface area contributed by atoms with E-state index in [2.05, 4.69) is 21.4 Å². The van der Waals surface area contributed by atoms with Gasteiger partial charge in [0.25, 0.3) is 0 Å². The maximum Gasteiger partial charge on any atom is 0.318 e. The van der Waals surface area contributed by atoms with Crippen molar-refractivity contribution in [3.63, 3.8) is 0 Å². The largest absolute Gasteiger partial charge is 0.508 e. The molecule has 166 valence electrons. The van der Waals surface area contributed by atoms with E-state index < -0.39 is 0 Å². The van der Waals surface area contributed by atoms with Crippen LogP contribution < -0.4 is 9.64 Å². The average molecular weight is 441 g/mol. The zero-order chi connectivity index (χ0) is 22.9. The normalized spacial score (nSPS) is 14.0. The summed E-state index contributed by atoms with van der Waals surface area (Å²) in [6, 6.07) is 13.5. The van der Waals surface area contributed by atoms with E-state index in [1.807, 2.05) is 30.3 Å². The van der Waals surface area contributed by atoms with E-state index in [4.69, 9.17) is 9.72 Å². The third-order valence-electron chi connectivity index (χ3n) is 5.91. The number of fused-ring (bicyclic) bond motifs is 2. The highest BCUT2D eigenvalue weighted by molar-refractivity contribution is 5.99. The molecule has 1 saturated heterocycles. The SMILES string of the molecule is C=CC(=O)N1CCN(c2nc(OC)nc3cc(-c4cc(O)cc5ccccc45)ncc23)CC1. The number of methoxy groups -OCH3 is 1. The van der Waals surface area contributed by atoms with Gasteiger partial charge in [-0.05, 0) is 35.0 Å². The van der Waals surface area contributed by atoms with Crippen LogP contribution in [0.3, 0.4) is 0 Å². The summed E-state index contributed by atoms with van der Waals surface area (Å²) in [7, 11) is 1.54. The lowest BCUT2D eigenvalue weighted by Crippen LogP contribution is -2.48. The number of nitrogens with zero attached hydrogens (tertiary/aromatic N) is 5. The molecule has 0 bridgehead atoms. The fourth-order valence-corrected chi connectivity index (χ4v) is 4.24. The number of phenolic OH excluding ortho intramolecular Hbond substituents is 1. The Kier molecular flexibility index (Phi) is 5.26. The summed E-state index contributed by atoms with van der Waals surface area (Å²) in [4.78, 5) is 29.7. The number of piperazine rings is 1. The van der Waals surface area contributed by atoms with Crippen LogP contribution in [0.15, 0.2) is 61.3 Å². The number of pyridine rings is 1. The Labute approximate surface area is 190 Å². The van der Waals surface area contributed by atoms with Crippen molar-refractivity contribution in [1.82, 2.24) is 19.9 Å². The molecular weight excluding hydrogens is 418 g/mol. The zero-order valence-electron chi connectivity index (χ0n) is 18.2. The summed E-state index contributed by atoms with van der Waals surface area (Å²) in [6.45, 7) is 6.00. The molecule has 2 aromatic heterocycles. The number of hydrogen-bond donors (Lipinski definition) is 1. The van der Waals surface area contributed by atoms with Crippen LogP contribution in [0, 0.1) is 0 Å². The van der Waals surface area contributed by atoms with E-state index in [1.54, 1.807) is 23.2 Å². The molecule has 1 N–H and O–H groups in total. The quantitative estimate of drug-likeness (QED) is 0.485. The molecular formula is C25H23N5O3. The molecule has 8 heteroatoms. The van der Waals surface area contributed by atoms with Gasteiger partial charge in [-0.1, -0.05) is 30.8 Å². The number of aromatic nitrogens is 3. The Morgan fingerprint density at radius 3 is 2.64 bits per heavy atom. The first-order chi connectivity index (χ1) is 16.1. The molecule has 1 aliphatic heterocycles. The number of carbonyl (C=O) groups is 1. The van der Waals surface area contributed by atoms with Gasteiger partial charge in [-0.15, -0.1) is 0 Å². The van der Waals surface area contributed by atoms with Crippen LogP contribution in [0.5, 0.6) is 11.8 Å². The van der Waals surface area contributed by atoms with Gasteiger partial charge in [0.1, 0.15) is 11.6 Å². The first-order valence-corrected chi connectivity index (χ1v) is 10.7. The smallest absolute Gasteiger partial charge is 0.318 e. The second-order valence-corrected chi connectivity index (χ2v) is 7.85. The summed E-state index contributed by atoms with van der Waals surface area (Å²) in [5.41, 5.74) is 2.21. The van der Waals surface area contributed by atoms with Gasteiger partial charge in [0.15, 0.2) is 0 Å².